The van der Waals surface area contributed by atoms with E-state index in [0.717, 1.165) is 12.8 Å². The Morgan fingerprint density at radius 2 is 1.00 bits per heavy atom. The molecular weight excluding hydrogens is 294 g/mol. The first-order valence-corrected chi connectivity index (χ1v) is 10.7. The molecule has 0 spiro atoms. The van der Waals surface area contributed by atoms with E-state index >= 15 is 0 Å². The van der Waals surface area contributed by atoms with Crippen LogP contribution in [0.3, 0.4) is 0 Å². The van der Waals surface area contributed by atoms with E-state index in [2.05, 4.69) is 19.1 Å². The lowest BCUT2D eigenvalue weighted by molar-refractivity contribution is -0.117. The average Bonchev–Trinajstić information content (AvgIpc) is 2.56. The van der Waals surface area contributed by atoms with Gasteiger partial charge in [-0.15, -0.1) is 0 Å². The fraction of sp³-hybridized carbons (Fsp3) is 0.864. The molecule has 24 heavy (non-hydrogen) atoms. The van der Waals surface area contributed by atoms with E-state index < -0.39 is 0 Å². The molecule has 142 valence electrons. The van der Waals surface area contributed by atoms with Crippen LogP contribution < -0.4 is 5.73 Å². The van der Waals surface area contributed by atoms with Crippen molar-refractivity contribution in [2.75, 3.05) is 0 Å². The Morgan fingerprint density at radius 1 is 0.625 bits per heavy atom. The molecule has 2 N–H and O–H groups in total. The number of allylic oxidation sites excluding steroid dienone is 2. The fourth-order valence-electron chi connectivity index (χ4n) is 3.09. The SMILES string of the molecule is CCCCCCCCCCCCCCCCCC=CCCC(N)=O. The Kier molecular flexibility index (Phi) is 19.6. The van der Waals surface area contributed by atoms with Crippen molar-refractivity contribution in [1.82, 2.24) is 0 Å². The van der Waals surface area contributed by atoms with E-state index in [4.69, 9.17) is 5.73 Å². The summed E-state index contributed by atoms with van der Waals surface area (Å²) in [4.78, 5) is 10.6. The molecule has 0 atom stereocenters. The molecule has 0 radical (unpaired) electrons. The van der Waals surface area contributed by atoms with Gasteiger partial charge in [-0.05, 0) is 19.3 Å². The maximum absolute atomic E-state index is 10.6. The van der Waals surface area contributed by atoms with E-state index in [1.807, 2.05) is 0 Å². The molecule has 0 aromatic rings. The minimum absolute atomic E-state index is 0.202. The molecule has 0 aromatic carbocycles. The van der Waals surface area contributed by atoms with E-state index in [1.54, 1.807) is 0 Å². The van der Waals surface area contributed by atoms with Crippen molar-refractivity contribution < 1.29 is 4.79 Å². The second-order valence-corrected chi connectivity index (χ2v) is 7.21. The zero-order valence-corrected chi connectivity index (χ0v) is 16.4. The monoisotopic (exact) mass is 337 g/mol. The molecule has 0 bridgehead atoms. The minimum atomic E-state index is -0.202. The minimum Gasteiger partial charge on any atom is -0.370 e. The highest BCUT2D eigenvalue weighted by atomic mass is 16.1. The lowest BCUT2D eigenvalue weighted by Gasteiger charge is -2.03. The highest BCUT2D eigenvalue weighted by molar-refractivity contribution is 5.73. The van der Waals surface area contributed by atoms with Gasteiger partial charge in [0.1, 0.15) is 0 Å². The Balaban J connectivity index is 3.04. The van der Waals surface area contributed by atoms with Gasteiger partial charge in [0, 0.05) is 6.42 Å². The molecule has 0 rings (SSSR count). The summed E-state index contributed by atoms with van der Waals surface area (Å²) in [5.74, 6) is -0.202. The van der Waals surface area contributed by atoms with Gasteiger partial charge < -0.3 is 5.73 Å². The summed E-state index contributed by atoms with van der Waals surface area (Å²) in [6.07, 6.45) is 27.9. The fourth-order valence-corrected chi connectivity index (χ4v) is 3.09. The number of hydrogen-bond acceptors (Lipinski definition) is 1. The number of hydrogen-bond donors (Lipinski definition) is 1. The van der Waals surface area contributed by atoms with Crippen LogP contribution in [-0.2, 0) is 4.79 Å². The Morgan fingerprint density at radius 3 is 1.42 bits per heavy atom. The average molecular weight is 338 g/mol. The molecular formula is C22H43NO. The maximum Gasteiger partial charge on any atom is 0.217 e. The number of rotatable bonds is 19. The molecule has 0 heterocycles. The van der Waals surface area contributed by atoms with Gasteiger partial charge >= 0.3 is 0 Å². The van der Waals surface area contributed by atoms with Crippen LogP contribution in [0.5, 0.6) is 0 Å². The Labute approximate surface area is 151 Å². The number of carbonyl (C=O) groups excluding carboxylic acids is 1. The standard InChI is InChI=1S/C22H43NO/c1-2-3-4-5-6-7-8-9-10-11-12-13-14-15-16-17-18-19-20-21-22(23)24/h18-19H,2-17,20-21H2,1H3,(H2,23,24). The van der Waals surface area contributed by atoms with Crippen molar-refractivity contribution in [2.24, 2.45) is 5.73 Å². The topological polar surface area (TPSA) is 43.1 Å². The summed E-state index contributed by atoms with van der Waals surface area (Å²) in [7, 11) is 0. The van der Waals surface area contributed by atoms with Crippen LogP contribution in [0.15, 0.2) is 12.2 Å². The van der Waals surface area contributed by atoms with Gasteiger partial charge in [0.05, 0.1) is 0 Å². The zero-order valence-electron chi connectivity index (χ0n) is 16.4. The first kappa shape index (κ1) is 23.2. The molecule has 0 aliphatic heterocycles. The number of carbonyl (C=O) groups is 1. The molecule has 1 amide bonds. The summed E-state index contributed by atoms with van der Waals surface area (Å²) in [6, 6.07) is 0. The molecule has 0 unspecified atom stereocenters. The molecule has 0 aliphatic carbocycles. The first-order chi connectivity index (χ1) is 11.8. The van der Waals surface area contributed by atoms with E-state index in [-0.39, 0.29) is 5.91 Å². The predicted molar refractivity (Wildman–Crippen MR) is 107 cm³/mol. The molecule has 2 heteroatoms. The van der Waals surface area contributed by atoms with E-state index in [1.165, 1.54) is 96.3 Å². The third-order valence-electron chi connectivity index (χ3n) is 4.70. The van der Waals surface area contributed by atoms with Crippen molar-refractivity contribution in [3.05, 3.63) is 12.2 Å². The smallest absolute Gasteiger partial charge is 0.217 e. The second-order valence-electron chi connectivity index (χ2n) is 7.21. The molecule has 2 nitrogen and oxygen atoms in total. The molecule has 0 aromatic heterocycles. The van der Waals surface area contributed by atoms with Crippen LogP contribution in [0.1, 0.15) is 122 Å². The predicted octanol–water partition coefficient (Wildman–Crippen LogP) is 7.07. The normalized spacial score (nSPS) is 11.4. The van der Waals surface area contributed by atoms with Crippen LogP contribution in [0.2, 0.25) is 0 Å². The van der Waals surface area contributed by atoms with Crippen molar-refractivity contribution >= 4 is 5.91 Å². The van der Waals surface area contributed by atoms with Gasteiger partial charge in [0.25, 0.3) is 0 Å². The van der Waals surface area contributed by atoms with Gasteiger partial charge in [-0.2, -0.15) is 0 Å². The second kappa shape index (κ2) is 20.3. The Bertz CT molecular complexity index is 286. The zero-order chi connectivity index (χ0) is 17.7. The van der Waals surface area contributed by atoms with Gasteiger partial charge in [0.15, 0.2) is 0 Å². The van der Waals surface area contributed by atoms with Crippen molar-refractivity contribution in [3.8, 4) is 0 Å². The van der Waals surface area contributed by atoms with Crippen LogP contribution in [0.4, 0.5) is 0 Å². The van der Waals surface area contributed by atoms with Crippen LogP contribution in [0, 0.1) is 0 Å². The quantitative estimate of drug-likeness (QED) is 0.199. The summed E-state index contributed by atoms with van der Waals surface area (Å²) in [6.45, 7) is 2.28. The van der Waals surface area contributed by atoms with Crippen molar-refractivity contribution in [3.63, 3.8) is 0 Å². The van der Waals surface area contributed by atoms with Crippen LogP contribution in [0.25, 0.3) is 0 Å². The van der Waals surface area contributed by atoms with Crippen LogP contribution >= 0.6 is 0 Å². The number of primary amides is 1. The summed E-state index contributed by atoms with van der Waals surface area (Å²) in [5, 5.41) is 0. The molecule has 0 aliphatic rings. The van der Waals surface area contributed by atoms with E-state index in [9.17, 15) is 4.79 Å². The first-order valence-electron chi connectivity index (χ1n) is 10.7. The van der Waals surface area contributed by atoms with Gasteiger partial charge in [0.2, 0.25) is 5.91 Å². The van der Waals surface area contributed by atoms with Crippen molar-refractivity contribution in [2.45, 2.75) is 122 Å². The Hall–Kier alpha value is -0.790. The molecule has 0 saturated heterocycles. The largest absolute Gasteiger partial charge is 0.370 e. The highest BCUT2D eigenvalue weighted by Gasteiger charge is 1.94. The summed E-state index contributed by atoms with van der Waals surface area (Å²) >= 11 is 0. The van der Waals surface area contributed by atoms with Crippen LogP contribution in [-0.4, -0.2) is 5.91 Å². The molecule has 0 fully saturated rings. The summed E-state index contributed by atoms with van der Waals surface area (Å²) in [5.41, 5.74) is 5.10. The number of nitrogens with two attached hydrogens (primary N) is 1. The maximum atomic E-state index is 10.6. The number of amides is 1. The third-order valence-corrected chi connectivity index (χ3v) is 4.70. The van der Waals surface area contributed by atoms with E-state index in [0.29, 0.717) is 6.42 Å². The van der Waals surface area contributed by atoms with Crippen molar-refractivity contribution in [1.29, 1.82) is 0 Å². The lowest BCUT2D eigenvalue weighted by atomic mass is 10.0. The lowest BCUT2D eigenvalue weighted by Crippen LogP contribution is -2.08. The number of unbranched alkanes of at least 4 members (excludes halogenated alkanes) is 15. The van der Waals surface area contributed by atoms with Gasteiger partial charge in [-0.25, -0.2) is 0 Å². The highest BCUT2D eigenvalue weighted by Crippen LogP contribution is 2.13. The van der Waals surface area contributed by atoms with Gasteiger partial charge in [-0.1, -0.05) is 109 Å². The third kappa shape index (κ3) is 21.2. The van der Waals surface area contributed by atoms with Gasteiger partial charge in [-0.3, -0.25) is 4.79 Å². The summed E-state index contributed by atoms with van der Waals surface area (Å²) < 4.78 is 0. The molecule has 0 saturated carbocycles.